The lowest BCUT2D eigenvalue weighted by atomic mass is 10.0. The Hall–Kier alpha value is -2.50. The van der Waals surface area contributed by atoms with Crippen LogP contribution < -0.4 is 15.4 Å². The maximum atomic E-state index is 12.1. The first-order valence-corrected chi connectivity index (χ1v) is 6.93. The number of nitrogens with one attached hydrogen (secondary N) is 2. The van der Waals surface area contributed by atoms with E-state index in [-0.39, 0.29) is 12.1 Å². The minimum absolute atomic E-state index is 0.0377. The Morgan fingerprint density at radius 3 is 3.00 bits per heavy atom. The number of aromatic nitrogens is 2. The number of carbonyl (C=O) groups is 1. The molecule has 0 fully saturated rings. The van der Waals surface area contributed by atoms with Crippen molar-refractivity contribution in [2.24, 2.45) is 7.05 Å². The molecule has 1 unspecified atom stereocenters. The lowest BCUT2D eigenvalue weighted by molar-refractivity contribution is 0.232. The molecule has 0 spiro atoms. The third-order valence-corrected chi connectivity index (χ3v) is 3.51. The molecule has 0 saturated heterocycles. The first kappa shape index (κ1) is 13.5. The van der Waals surface area contributed by atoms with Crippen LogP contribution in [0.15, 0.2) is 30.3 Å². The van der Waals surface area contributed by atoms with E-state index in [4.69, 9.17) is 4.74 Å². The van der Waals surface area contributed by atoms with E-state index >= 15 is 0 Å². The van der Waals surface area contributed by atoms with E-state index < -0.39 is 0 Å². The Bertz CT molecular complexity index is 665. The fourth-order valence-electron chi connectivity index (χ4n) is 2.53. The number of fused-ring (bicyclic) bond motifs is 1. The number of hydrogen-bond acceptors (Lipinski definition) is 3. The highest BCUT2D eigenvalue weighted by Crippen LogP contribution is 2.31. The minimum atomic E-state index is -0.236. The molecule has 1 aliphatic heterocycles. The van der Waals surface area contributed by atoms with Crippen molar-refractivity contribution >= 4 is 11.8 Å². The SMILES string of the molecule is Cc1cc(NC(=O)NC2CCOc3ccccc32)n(C)n1. The van der Waals surface area contributed by atoms with E-state index in [0.717, 1.165) is 23.4 Å². The molecule has 1 aromatic carbocycles. The van der Waals surface area contributed by atoms with Gasteiger partial charge in [-0.15, -0.1) is 0 Å². The van der Waals surface area contributed by atoms with Crippen LogP contribution in [0.5, 0.6) is 5.75 Å². The van der Waals surface area contributed by atoms with Gasteiger partial charge >= 0.3 is 6.03 Å². The molecule has 2 heterocycles. The number of benzene rings is 1. The van der Waals surface area contributed by atoms with E-state index in [1.165, 1.54) is 0 Å². The van der Waals surface area contributed by atoms with Crippen LogP contribution in [-0.2, 0) is 7.05 Å². The average Bonchev–Trinajstić information content (AvgIpc) is 2.77. The van der Waals surface area contributed by atoms with Gasteiger partial charge in [-0.05, 0) is 13.0 Å². The van der Waals surface area contributed by atoms with Crippen LogP contribution in [0.25, 0.3) is 0 Å². The normalized spacial score (nSPS) is 16.8. The van der Waals surface area contributed by atoms with Gasteiger partial charge in [0.05, 0.1) is 18.3 Å². The predicted molar refractivity (Wildman–Crippen MR) is 79.4 cm³/mol. The van der Waals surface area contributed by atoms with E-state index in [2.05, 4.69) is 15.7 Å². The molecular formula is C15H18N4O2. The van der Waals surface area contributed by atoms with E-state index in [9.17, 15) is 4.79 Å². The number of para-hydroxylation sites is 1. The van der Waals surface area contributed by atoms with Crippen molar-refractivity contribution in [1.82, 2.24) is 15.1 Å². The lowest BCUT2D eigenvalue weighted by Crippen LogP contribution is -2.35. The van der Waals surface area contributed by atoms with Crippen molar-refractivity contribution in [1.29, 1.82) is 0 Å². The summed E-state index contributed by atoms with van der Waals surface area (Å²) in [6.07, 6.45) is 0.759. The van der Waals surface area contributed by atoms with Crippen LogP contribution in [0.1, 0.15) is 23.7 Å². The maximum Gasteiger partial charge on any atom is 0.320 e. The predicted octanol–water partition coefficient (Wildman–Crippen LogP) is 2.37. The topological polar surface area (TPSA) is 68.2 Å². The zero-order valence-electron chi connectivity index (χ0n) is 12.1. The number of aryl methyl sites for hydroxylation is 2. The van der Waals surface area contributed by atoms with Gasteiger partial charge in [0.15, 0.2) is 0 Å². The van der Waals surface area contributed by atoms with Gasteiger partial charge in [0.1, 0.15) is 11.6 Å². The summed E-state index contributed by atoms with van der Waals surface area (Å²) in [4.78, 5) is 12.1. The number of urea groups is 1. The van der Waals surface area contributed by atoms with Gasteiger partial charge in [-0.1, -0.05) is 18.2 Å². The van der Waals surface area contributed by atoms with Crippen LogP contribution in [0, 0.1) is 6.92 Å². The summed E-state index contributed by atoms with van der Waals surface area (Å²) in [5.41, 5.74) is 1.88. The number of nitrogens with zero attached hydrogens (tertiary/aromatic N) is 2. The number of carbonyl (C=O) groups excluding carboxylic acids is 1. The van der Waals surface area contributed by atoms with Crippen LogP contribution in [0.4, 0.5) is 10.6 Å². The fraction of sp³-hybridized carbons (Fsp3) is 0.333. The monoisotopic (exact) mass is 286 g/mol. The molecule has 0 radical (unpaired) electrons. The zero-order valence-corrected chi connectivity index (χ0v) is 12.1. The molecule has 1 atom stereocenters. The lowest BCUT2D eigenvalue weighted by Gasteiger charge is -2.26. The zero-order chi connectivity index (χ0) is 14.8. The van der Waals surface area contributed by atoms with Gasteiger partial charge in [0.2, 0.25) is 0 Å². The number of anilines is 1. The van der Waals surface area contributed by atoms with Crippen molar-refractivity contribution in [3.8, 4) is 5.75 Å². The van der Waals surface area contributed by atoms with E-state index in [0.29, 0.717) is 12.4 Å². The van der Waals surface area contributed by atoms with Crippen molar-refractivity contribution in [3.63, 3.8) is 0 Å². The van der Waals surface area contributed by atoms with Crippen molar-refractivity contribution in [2.75, 3.05) is 11.9 Å². The molecule has 110 valence electrons. The van der Waals surface area contributed by atoms with Crippen LogP contribution >= 0.6 is 0 Å². The third-order valence-electron chi connectivity index (χ3n) is 3.51. The summed E-state index contributed by atoms with van der Waals surface area (Å²) in [7, 11) is 1.80. The fourth-order valence-corrected chi connectivity index (χ4v) is 2.53. The molecule has 0 aliphatic carbocycles. The van der Waals surface area contributed by atoms with Gasteiger partial charge in [-0.25, -0.2) is 4.79 Å². The first-order valence-electron chi connectivity index (χ1n) is 6.93. The quantitative estimate of drug-likeness (QED) is 0.890. The molecular weight excluding hydrogens is 268 g/mol. The van der Waals surface area contributed by atoms with Gasteiger partial charge in [-0.3, -0.25) is 10.00 Å². The highest BCUT2D eigenvalue weighted by Gasteiger charge is 2.22. The summed E-state index contributed by atoms with van der Waals surface area (Å²) in [6, 6.07) is 9.34. The third kappa shape index (κ3) is 2.84. The number of rotatable bonds is 2. The average molecular weight is 286 g/mol. The molecule has 1 aromatic heterocycles. The second-order valence-electron chi connectivity index (χ2n) is 5.12. The van der Waals surface area contributed by atoms with Gasteiger partial charge < -0.3 is 10.1 Å². The molecule has 6 heteroatoms. The highest BCUT2D eigenvalue weighted by molar-refractivity contribution is 5.88. The summed E-state index contributed by atoms with van der Waals surface area (Å²) < 4.78 is 7.24. The van der Waals surface area contributed by atoms with Gasteiger partial charge in [0.25, 0.3) is 0 Å². The number of amides is 2. The van der Waals surface area contributed by atoms with Crippen molar-refractivity contribution in [3.05, 3.63) is 41.6 Å². The largest absolute Gasteiger partial charge is 0.493 e. The Balaban J connectivity index is 1.70. The Morgan fingerprint density at radius 2 is 2.24 bits per heavy atom. The van der Waals surface area contributed by atoms with Crippen LogP contribution in [0.2, 0.25) is 0 Å². The van der Waals surface area contributed by atoms with Crippen LogP contribution in [-0.4, -0.2) is 22.4 Å². The second kappa shape index (κ2) is 5.47. The summed E-state index contributed by atoms with van der Waals surface area (Å²) in [5.74, 6) is 1.51. The second-order valence-corrected chi connectivity index (χ2v) is 5.12. The summed E-state index contributed by atoms with van der Waals surface area (Å²) in [6.45, 7) is 2.49. The van der Waals surface area contributed by atoms with E-state index in [1.54, 1.807) is 11.7 Å². The maximum absolute atomic E-state index is 12.1. The minimum Gasteiger partial charge on any atom is -0.493 e. The first-order chi connectivity index (χ1) is 10.1. The molecule has 2 amide bonds. The van der Waals surface area contributed by atoms with Crippen LogP contribution in [0.3, 0.4) is 0 Å². The molecule has 6 nitrogen and oxygen atoms in total. The Morgan fingerprint density at radius 1 is 1.43 bits per heavy atom. The Labute approximate surface area is 123 Å². The molecule has 1 aliphatic rings. The molecule has 2 aromatic rings. The summed E-state index contributed by atoms with van der Waals surface area (Å²) >= 11 is 0. The highest BCUT2D eigenvalue weighted by atomic mass is 16.5. The number of hydrogen-bond donors (Lipinski definition) is 2. The molecule has 2 N–H and O–H groups in total. The van der Waals surface area contributed by atoms with E-state index in [1.807, 2.05) is 37.3 Å². The molecule has 21 heavy (non-hydrogen) atoms. The molecule has 0 saturated carbocycles. The number of ether oxygens (including phenoxy) is 1. The Kier molecular flexibility index (Phi) is 3.51. The summed E-state index contributed by atoms with van der Waals surface area (Å²) in [5, 5.41) is 10.0. The van der Waals surface area contributed by atoms with Gasteiger partial charge in [-0.2, -0.15) is 5.10 Å². The van der Waals surface area contributed by atoms with Crippen molar-refractivity contribution in [2.45, 2.75) is 19.4 Å². The molecule has 3 rings (SSSR count). The van der Waals surface area contributed by atoms with Crippen molar-refractivity contribution < 1.29 is 9.53 Å². The molecule has 0 bridgehead atoms. The van der Waals surface area contributed by atoms with Gasteiger partial charge in [0, 0.05) is 25.1 Å². The standard InChI is InChI=1S/C15H18N4O2/c1-10-9-14(19(2)18-10)17-15(20)16-12-7-8-21-13-6-4-3-5-11(12)13/h3-6,9,12H,7-8H2,1-2H3,(H2,16,17,20). The smallest absolute Gasteiger partial charge is 0.320 e.